The van der Waals surface area contributed by atoms with Crippen LogP contribution >= 0.6 is 0 Å². The highest BCUT2D eigenvalue weighted by Crippen LogP contribution is 2.50. The zero-order valence-electron chi connectivity index (χ0n) is 25.7. The lowest BCUT2D eigenvalue weighted by atomic mass is 9.89. The van der Waals surface area contributed by atoms with E-state index in [4.69, 9.17) is 13.8 Å². The van der Waals surface area contributed by atoms with E-state index in [2.05, 4.69) is 131 Å². The van der Waals surface area contributed by atoms with Gasteiger partial charge < -0.3 is 13.4 Å². The molecule has 0 fully saturated rings. The van der Waals surface area contributed by atoms with Gasteiger partial charge in [0, 0.05) is 27.8 Å². The Morgan fingerprint density at radius 1 is 0.562 bits per heavy atom. The largest absolute Gasteiger partial charge is 0.456 e. The molecule has 2 aliphatic rings. The molecule has 0 bridgehead atoms. The maximum absolute atomic E-state index is 6.54. The van der Waals surface area contributed by atoms with Crippen molar-refractivity contribution in [2.24, 2.45) is 0 Å². The normalized spacial score (nSPS) is 17.0. The Balaban J connectivity index is 1.06. The number of allylic oxidation sites excluding steroid dienone is 2. The molecule has 0 spiro atoms. The number of aromatic nitrogens is 2. The first-order valence-corrected chi connectivity index (χ1v) is 16.4. The fourth-order valence-corrected chi connectivity index (χ4v) is 8.04. The average molecular weight is 618 g/mol. The number of hydrogen-bond donors (Lipinski definition) is 0. The number of oxazole rings is 1. The number of nitrogens with zero attached hydrogens (tertiary/aromatic N) is 3. The van der Waals surface area contributed by atoms with Gasteiger partial charge >= 0.3 is 6.01 Å². The summed E-state index contributed by atoms with van der Waals surface area (Å²) in [5.74, 6) is 0.179. The van der Waals surface area contributed by atoms with Crippen LogP contribution in [0.1, 0.15) is 11.5 Å². The first-order valence-electron chi connectivity index (χ1n) is 16.4. The third-order valence-corrected chi connectivity index (χ3v) is 10.2. The van der Waals surface area contributed by atoms with E-state index in [0.717, 1.165) is 44.4 Å². The van der Waals surface area contributed by atoms with Crippen LogP contribution in [-0.4, -0.2) is 15.6 Å². The van der Waals surface area contributed by atoms with Gasteiger partial charge in [-0.1, -0.05) is 91.0 Å². The van der Waals surface area contributed by atoms with Crippen LogP contribution < -0.4 is 4.90 Å². The van der Waals surface area contributed by atoms with E-state index in [-0.39, 0.29) is 12.0 Å². The molecule has 5 heteroatoms. The molecule has 0 amide bonds. The van der Waals surface area contributed by atoms with E-state index in [1.165, 1.54) is 38.5 Å². The lowest BCUT2D eigenvalue weighted by Gasteiger charge is -2.24. The molecular weight excluding hydrogens is 590 g/mol. The third-order valence-electron chi connectivity index (χ3n) is 10.2. The highest BCUT2D eigenvalue weighted by Gasteiger charge is 2.40. The van der Waals surface area contributed by atoms with E-state index < -0.39 is 0 Å². The minimum absolute atomic E-state index is 0.0659. The van der Waals surface area contributed by atoms with Gasteiger partial charge in [0.05, 0.1) is 28.1 Å². The fourth-order valence-electron chi connectivity index (χ4n) is 8.04. The first kappa shape index (κ1) is 25.8. The third kappa shape index (κ3) is 3.53. The molecule has 226 valence electrons. The molecule has 4 heterocycles. The predicted octanol–water partition coefficient (Wildman–Crippen LogP) is 11.2. The summed E-state index contributed by atoms with van der Waals surface area (Å²) in [5.41, 5.74) is 11.6. The Bertz CT molecular complexity index is 2820. The minimum Gasteiger partial charge on any atom is -0.456 e. The topological polar surface area (TPSA) is 47.3 Å². The predicted molar refractivity (Wildman–Crippen MR) is 194 cm³/mol. The number of benzene rings is 6. The van der Waals surface area contributed by atoms with Crippen LogP contribution in [0.4, 0.5) is 11.7 Å². The first-order chi connectivity index (χ1) is 23.8. The number of hydrogen-bond acceptors (Lipinski definition) is 4. The van der Waals surface area contributed by atoms with Crippen molar-refractivity contribution >= 4 is 66.5 Å². The molecule has 11 rings (SSSR count). The van der Waals surface area contributed by atoms with Crippen molar-refractivity contribution in [1.82, 2.24) is 9.55 Å². The number of anilines is 2. The van der Waals surface area contributed by atoms with Gasteiger partial charge in [-0.25, -0.2) is 0 Å². The van der Waals surface area contributed by atoms with Gasteiger partial charge in [0.1, 0.15) is 16.7 Å². The van der Waals surface area contributed by atoms with Crippen molar-refractivity contribution in [2.75, 3.05) is 4.90 Å². The highest BCUT2D eigenvalue weighted by molar-refractivity contribution is 6.16. The molecule has 2 unspecified atom stereocenters. The Hall–Kier alpha value is -6.33. The number of para-hydroxylation sites is 3. The van der Waals surface area contributed by atoms with Crippen molar-refractivity contribution in [2.45, 2.75) is 12.0 Å². The summed E-state index contributed by atoms with van der Waals surface area (Å²) in [6.45, 7) is 0. The van der Waals surface area contributed by atoms with Gasteiger partial charge in [-0.2, -0.15) is 4.98 Å². The quantitative estimate of drug-likeness (QED) is 0.198. The Labute approximate surface area is 275 Å². The number of furan rings is 1. The average Bonchev–Trinajstić information content (AvgIpc) is 3.90. The van der Waals surface area contributed by atoms with E-state index in [0.29, 0.717) is 6.01 Å². The van der Waals surface area contributed by atoms with Crippen molar-refractivity contribution in [3.05, 3.63) is 157 Å². The molecule has 2 atom stereocenters. The van der Waals surface area contributed by atoms with Crippen LogP contribution in [0.15, 0.2) is 161 Å². The molecule has 1 aliphatic heterocycles. The van der Waals surface area contributed by atoms with Crippen LogP contribution in [0.3, 0.4) is 0 Å². The Morgan fingerprint density at radius 3 is 2.25 bits per heavy atom. The molecule has 0 saturated heterocycles. The molecule has 0 radical (unpaired) electrons. The van der Waals surface area contributed by atoms with Crippen LogP contribution in [0.5, 0.6) is 0 Å². The van der Waals surface area contributed by atoms with Gasteiger partial charge in [0.15, 0.2) is 5.58 Å². The summed E-state index contributed by atoms with van der Waals surface area (Å²) in [7, 11) is 0. The van der Waals surface area contributed by atoms with Gasteiger partial charge in [-0.15, -0.1) is 0 Å². The zero-order valence-corrected chi connectivity index (χ0v) is 25.7. The fraction of sp³-hybridized carbons (Fsp3) is 0.0465. The van der Waals surface area contributed by atoms with Crippen LogP contribution in [0.2, 0.25) is 0 Å². The smallest absolute Gasteiger partial charge is 0.303 e. The zero-order chi connectivity index (χ0) is 31.3. The molecule has 0 saturated carbocycles. The van der Waals surface area contributed by atoms with Crippen molar-refractivity contribution in [1.29, 1.82) is 0 Å². The summed E-state index contributed by atoms with van der Waals surface area (Å²) >= 11 is 0. The molecule has 5 nitrogen and oxygen atoms in total. The maximum Gasteiger partial charge on any atom is 0.303 e. The summed E-state index contributed by atoms with van der Waals surface area (Å²) in [5, 5.41) is 4.54. The maximum atomic E-state index is 6.54. The summed E-state index contributed by atoms with van der Waals surface area (Å²) in [6, 6.07) is 45.7. The van der Waals surface area contributed by atoms with Gasteiger partial charge in [-0.3, -0.25) is 4.90 Å². The van der Waals surface area contributed by atoms with Gasteiger partial charge in [0.25, 0.3) is 0 Å². The van der Waals surface area contributed by atoms with Crippen molar-refractivity contribution < 1.29 is 8.83 Å². The standard InChI is InChI=1S/C43H27N3O2/c1-2-10-28(11-3-1)45-34-15-7-4-12-29(34)32-24-26(18-20-36(32)45)27-19-21-37-33(25-27)30-13-5-8-16-35(30)46(37)43-44-42-40(48-43)23-22-39-41(42)31-14-6-9-17-38(31)47-39/h1-25,30,35H. The minimum atomic E-state index is 0.0659. The molecule has 3 aromatic heterocycles. The lowest BCUT2D eigenvalue weighted by molar-refractivity contribution is 0.575. The highest BCUT2D eigenvalue weighted by atomic mass is 16.4. The summed E-state index contributed by atoms with van der Waals surface area (Å²) < 4.78 is 15.1. The Morgan fingerprint density at radius 2 is 1.31 bits per heavy atom. The number of rotatable bonds is 3. The van der Waals surface area contributed by atoms with Crippen LogP contribution in [0, 0.1) is 0 Å². The second-order valence-corrected chi connectivity index (χ2v) is 12.7. The van der Waals surface area contributed by atoms with Crippen LogP contribution in [-0.2, 0) is 0 Å². The molecule has 0 N–H and O–H groups in total. The van der Waals surface area contributed by atoms with Crippen LogP contribution in [0.25, 0.3) is 71.7 Å². The van der Waals surface area contributed by atoms with Gasteiger partial charge in [0.2, 0.25) is 0 Å². The van der Waals surface area contributed by atoms with E-state index in [1.54, 1.807) is 0 Å². The molecule has 9 aromatic rings. The van der Waals surface area contributed by atoms with Gasteiger partial charge in [-0.05, 0) is 77.4 Å². The van der Waals surface area contributed by atoms with Crippen molar-refractivity contribution in [3.8, 4) is 16.8 Å². The molecule has 1 aliphatic carbocycles. The summed E-state index contributed by atoms with van der Waals surface area (Å²) in [6.07, 6.45) is 8.83. The lowest BCUT2D eigenvalue weighted by Crippen LogP contribution is -2.28. The van der Waals surface area contributed by atoms with Crippen molar-refractivity contribution in [3.63, 3.8) is 0 Å². The molecular formula is C43H27N3O2. The monoisotopic (exact) mass is 617 g/mol. The number of fused-ring (bicyclic) bond motifs is 11. The van der Waals surface area contributed by atoms with E-state index in [9.17, 15) is 0 Å². The second-order valence-electron chi connectivity index (χ2n) is 12.7. The van der Waals surface area contributed by atoms with E-state index >= 15 is 0 Å². The second kappa shape index (κ2) is 9.60. The molecule has 6 aromatic carbocycles. The summed E-state index contributed by atoms with van der Waals surface area (Å²) in [4.78, 5) is 7.40. The van der Waals surface area contributed by atoms with E-state index in [1.807, 2.05) is 30.3 Å². The molecule has 48 heavy (non-hydrogen) atoms. The Kier molecular flexibility index (Phi) is 5.16. The SMILES string of the molecule is C1=CC2c3cc(-c4ccc5c(c4)c4ccccc4n5-c4ccccc4)ccc3N(c3nc4c(ccc5oc6ccccc6c54)o3)C2C=C1.